The van der Waals surface area contributed by atoms with Crippen LogP contribution in [0.25, 0.3) is 11.5 Å². The SMILES string of the molecule is COc1cc(-c2nnc(I)o2)c(C)cc1C. The van der Waals surface area contributed by atoms with Gasteiger partial charge in [-0.25, -0.2) is 0 Å². The first-order valence-electron chi connectivity index (χ1n) is 4.76. The summed E-state index contributed by atoms with van der Waals surface area (Å²) in [7, 11) is 1.65. The molecule has 0 aliphatic carbocycles. The summed E-state index contributed by atoms with van der Waals surface area (Å²) in [6.45, 7) is 4.02. The van der Waals surface area contributed by atoms with Crippen LogP contribution in [0.3, 0.4) is 0 Å². The molecule has 0 bridgehead atoms. The maximum absolute atomic E-state index is 5.40. The Morgan fingerprint density at radius 3 is 2.50 bits per heavy atom. The Morgan fingerprint density at radius 1 is 1.19 bits per heavy atom. The smallest absolute Gasteiger partial charge is 0.278 e. The predicted molar refractivity (Wildman–Crippen MR) is 68.5 cm³/mol. The first-order valence-corrected chi connectivity index (χ1v) is 5.84. The minimum Gasteiger partial charge on any atom is -0.496 e. The first kappa shape index (κ1) is 11.4. The van der Waals surface area contributed by atoms with E-state index in [-0.39, 0.29) is 0 Å². The summed E-state index contributed by atoms with van der Waals surface area (Å²) in [5, 5.41) is 7.81. The van der Waals surface area contributed by atoms with E-state index >= 15 is 0 Å². The lowest BCUT2D eigenvalue weighted by molar-refractivity contribution is 0.411. The van der Waals surface area contributed by atoms with Gasteiger partial charge in [-0.1, -0.05) is 6.07 Å². The van der Waals surface area contributed by atoms with E-state index in [1.54, 1.807) is 7.11 Å². The quantitative estimate of drug-likeness (QED) is 0.795. The summed E-state index contributed by atoms with van der Waals surface area (Å²) in [4.78, 5) is 0. The molecule has 0 atom stereocenters. The molecule has 0 saturated heterocycles. The van der Waals surface area contributed by atoms with Crippen LogP contribution in [-0.2, 0) is 0 Å². The van der Waals surface area contributed by atoms with Crippen LogP contribution in [0.5, 0.6) is 5.75 Å². The van der Waals surface area contributed by atoms with Crippen molar-refractivity contribution in [2.24, 2.45) is 0 Å². The molecule has 84 valence electrons. The van der Waals surface area contributed by atoms with E-state index in [0.717, 1.165) is 22.4 Å². The maximum atomic E-state index is 5.40. The van der Waals surface area contributed by atoms with Gasteiger partial charge in [0.1, 0.15) is 5.75 Å². The van der Waals surface area contributed by atoms with Gasteiger partial charge in [0.05, 0.1) is 7.11 Å². The fourth-order valence-corrected chi connectivity index (χ4v) is 1.91. The van der Waals surface area contributed by atoms with Crippen molar-refractivity contribution in [3.63, 3.8) is 0 Å². The Hall–Kier alpha value is -1.11. The Morgan fingerprint density at radius 2 is 1.94 bits per heavy atom. The molecule has 0 saturated carbocycles. The lowest BCUT2D eigenvalue weighted by Gasteiger charge is -2.08. The summed E-state index contributed by atoms with van der Waals surface area (Å²) in [5.74, 6) is 1.36. The Kier molecular flexibility index (Phi) is 3.13. The number of aryl methyl sites for hydroxylation is 2. The highest BCUT2D eigenvalue weighted by Crippen LogP contribution is 2.29. The van der Waals surface area contributed by atoms with Crippen LogP contribution in [0.1, 0.15) is 11.1 Å². The second-order valence-electron chi connectivity index (χ2n) is 3.50. The molecule has 16 heavy (non-hydrogen) atoms. The molecule has 0 unspecified atom stereocenters. The molecule has 0 N–H and O–H groups in total. The molecule has 1 aromatic carbocycles. The van der Waals surface area contributed by atoms with Gasteiger partial charge in [0.2, 0.25) is 5.89 Å². The summed E-state index contributed by atoms with van der Waals surface area (Å²) in [6.07, 6.45) is 0. The molecule has 0 amide bonds. The Bertz CT molecular complexity index is 523. The van der Waals surface area contributed by atoms with Crippen LogP contribution < -0.4 is 4.74 Å². The van der Waals surface area contributed by atoms with E-state index in [1.807, 2.05) is 48.6 Å². The Labute approximate surface area is 107 Å². The zero-order valence-corrected chi connectivity index (χ0v) is 11.4. The van der Waals surface area contributed by atoms with E-state index in [0.29, 0.717) is 9.79 Å². The van der Waals surface area contributed by atoms with Crippen molar-refractivity contribution in [1.29, 1.82) is 0 Å². The number of hydrogen-bond donors (Lipinski definition) is 0. The van der Waals surface area contributed by atoms with Gasteiger partial charge >= 0.3 is 0 Å². The van der Waals surface area contributed by atoms with E-state index in [1.165, 1.54) is 0 Å². The van der Waals surface area contributed by atoms with Crippen LogP contribution in [0.2, 0.25) is 0 Å². The number of methoxy groups -OCH3 is 1. The van der Waals surface area contributed by atoms with E-state index < -0.39 is 0 Å². The molecule has 4 nitrogen and oxygen atoms in total. The van der Waals surface area contributed by atoms with Gasteiger partial charge in [-0.15, -0.1) is 10.2 Å². The maximum Gasteiger partial charge on any atom is 0.278 e. The summed E-state index contributed by atoms with van der Waals surface area (Å²) >= 11 is 1.99. The zero-order valence-electron chi connectivity index (χ0n) is 9.24. The van der Waals surface area contributed by atoms with Crippen LogP contribution in [0.4, 0.5) is 0 Å². The van der Waals surface area contributed by atoms with E-state index in [9.17, 15) is 0 Å². The van der Waals surface area contributed by atoms with Crippen molar-refractivity contribution < 1.29 is 9.15 Å². The van der Waals surface area contributed by atoms with Gasteiger partial charge in [-0.05, 0) is 31.0 Å². The van der Waals surface area contributed by atoms with Crippen molar-refractivity contribution in [3.8, 4) is 17.2 Å². The van der Waals surface area contributed by atoms with Crippen molar-refractivity contribution in [3.05, 3.63) is 27.2 Å². The van der Waals surface area contributed by atoms with Crippen molar-refractivity contribution in [2.75, 3.05) is 7.11 Å². The number of rotatable bonds is 2. The number of hydrogen-bond acceptors (Lipinski definition) is 4. The number of halogens is 1. The van der Waals surface area contributed by atoms with Crippen molar-refractivity contribution in [2.45, 2.75) is 13.8 Å². The van der Waals surface area contributed by atoms with Crippen molar-refractivity contribution >= 4 is 22.6 Å². The standard InChI is InChI=1S/C11H11IN2O2/c1-6-4-7(2)9(15-3)5-8(6)10-13-14-11(12)16-10/h4-5H,1-3H3. The average Bonchev–Trinajstić information content (AvgIpc) is 2.65. The normalized spacial score (nSPS) is 10.5. The van der Waals surface area contributed by atoms with Gasteiger partial charge in [0.25, 0.3) is 3.90 Å². The summed E-state index contributed by atoms with van der Waals surface area (Å²) < 4.78 is 11.2. The monoisotopic (exact) mass is 330 g/mol. The number of aromatic nitrogens is 2. The number of benzene rings is 1. The minimum absolute atomic E-state index is 0.528. The highest BCUT2D eigenvalue weighted by Gasteiger charge is 2.12. The van der Waals surface area contributed by atoms with E-state index in [2.05, 4.69) is 10.2 Å². The molecular weight excluding hydrogens is 319 g/mol. The molecule has 0 radical (unpaired) electrons. The van der Waals surface area contributed by atoms with Crippen LogP contribution in [0, 0.1) is 17.7 Å². The third-order valence-corrected chi connectivity index (χ3v) is 2.81. The average molecular weight is 330 g/mol. The van der Waals surface area contributed by atoms with Gasteiger partial charge in [0, 0.05) is 28.2 Å². The molecule has 0 aliphatic heterocycles. The molecule has 1 aromatic heterocycles. The van der Waals surface area contributed by atoms with Crippen LogP contribution >= 0.6 is 22.6 Å². The summed E-state index contributed by atoms with van der Waals surface area (Å²) in [6, 6.07) is 3.97. The number of ether oxygens (including phenoxy) is 1. The zero-order chi connectivity index (χ0) is 11.7. The molecule has 1 heterocycles. The minimum atomic E-state index is 0.528. The van der Waals surface area contributed by atoms with Crippen molar-refractivity contribution in [1.82, 2.24) is 10.2 Å². The highest BCUT2D eigenvalue weighted by atomic mass is 127. The van der Waals surface area contributed by atoms with E-state index in [4.69, 9.17) is 9.15 Å². The third-order valence-electron chi connectivity index (χ3n) is 2.37. The predicted octanol–water partition coefficient (Wildman–Crippen LogP) is 2.97. The molecule has 2 aromatic rings. The fourth-order valence-electron chi connectivity index (χ4n) is 1.60. The van der Waals surface area contributed by atoms with Crippen LogP contribution in [-0.4, -0.2) is 17.3 Å². The van der Waals surface area contributed by atoms with Gasteiger partial charge in [-0.2, -0.15) is 0 Å². The second kappa shape index (κ2) is 4.40. The summed E-state index contributed by atoms with van der Waals surface area (Å²) in [5.41, 5.74) is 3.11. The molecule has 0 aliphatic rings. The third kappa shape index (κ3) is 2.04. The molecule has 5 heteroatoms. The highest BCUT2D eigenvalue weighted by molar-refractivity contribution is 14.1. The molecular formula is C11H11IN2O2. The molecule has 0 fully saturated rings. The second-order valence-corrected chi connectivity index (χ2v) is 4.42. The Balaban J connectivity index is 2.56. The topological polar surface area (TPSA) is 48.2 Å². The van der Waals surface area contributed by atoms with Gasteiger partial charge < -0.3 is 9.15 Å². The van der Waals surface area contributed by atoms with Gasteiger partial charge in [0.15, 0.2) is 0 Å². The lowest BCUT2D eigenvalue weighted by atomic mass is 10.0. The van der Waals surface area contributed by atoms with Crippen LogP contribution in [0.15, 0.2) is 16.5 Å². The largest absolute Gasteiger partial charge is 0.496 e. The fraction of sp³-hybridized carbons (Fsp3) is 0.273. The number of nitrogens with zero attached hydrogens (tertiary/aromatic N) is 2. The molecule has 2 rings (SSSR count). The molecule has 0 spiro atoms. The first-order chi connectivity index (χ1) is 7.61. The van der Waals surface area contributed by atoms with Gasteiger partial charge in [-0.3, -0.25) is 0 Å². The lowest BCUT2D eigenvalue weighted by Crippen LogP contribution is -1.91.